The third-order valence-corrected chi connectivity index (χ3v) is 5.32. The summed E-state index contributed by atoms with van der Waals surface area (Å²) in [5.74, 6) is 0.631. The third kappa shape index (κ3) is 5.50. The molecule has 0 radical (unpaired) electrons. The van der Waals surface area contributed by atoms with Gasteiger partial charge in [-0.3, -0.25) is 0 Å². The van der Waals surface area contributed by atoms with E-state index in [9.17, 15) is 8.42 Å². The maximum Gasteiger partial charge on any atom is 0.238 e. The molecule has 1 heterocycles. The van der Waals surface area contributed by atoms with Gasteiger partial charge in [-0.2, -0.15) is 4.98 Å². The molecule has 9 heteroatoms. The Hall–Kier alpha value is -3.01. The fourth-order valence-electron chi connectivity index (χ4n) is 2.83. The van der Waals surface area contributed by atoms with E-state index in [1.165, 1.54) is 17.7 Å². The molecule has 1 aromatic heterocycles. The van der Waals surface area contributed by atoms with Crippen molar-refractivity contribution in [3.8, 4) is 11.1 Å². The molecule has 0 spiro atoms. The molecule has 0 fully saturated rings. The van der Waals surface area contributed by atoms with E-state index in [4.69, 9.17) is 16.0 Å². The van der Waals surface area contributed by atoms with Gasteiger partial charge in [-0.1, -0.05) is 24.3 Å². The Morgan fingerprint density at radius 1 is 1.00 bits per heavy atom. The molecule has 2 aromatic carbocycles. The van der Waals surface area contributed by atoms with Crippen LogP contribution in [-0.2, 0) is 16.4 Å². The third-order valence-electron chi connectivity index (χ3n) is 4.40. The molecule has 0 saturated heterocycles. The highest BCUT2D eigenvalue weighted by atomic mass is 32.2. The monoisotopic (exact) mass is 413 g/mol. The highest BCUT2D eigenvalue weighted by Gasteiger charge is 2.09. The van der Waals surface area contributed by atoms with Crippen molar-refractivity contribution in [1.29, 1.82) is 0 Å². The van der Waals surface area contributed by atoms with Gasteiger partial charge in [0.1, 0.15) is 5.82 Å². The number of nitrogen functional groups attached to an aromatic ring is 1. The van der Waals surface area contributed by atoms with Crippen LogP contribution in [0.15, 0.2) is 59.6 Å². The predicted octanol–water partition coefficient (Wildman–Crippen LogP) is 2.43. The molecule has 8 nitrogen and oxygen atoms in total. The molecule has 0 saturated carbocycles. The molecular weight excluding hydrogens is 390 g/mol. The van der Waals surface area contributed by atoms with Crippen LogP contribution in [0.1, 0.15) is 18.4 Å². The highest BCUT2D eigenvalue weighted by Crippen LogP contribution is 2.26. The number of aliphatic hydroxyl groups is 1. The normalized spacial score (nSPS) is 11.4. The van der Waals surface area contributed by atoms with Gasteiger partial charge in [-0.15, -0.1) is 0 Å². The van der Waals surface area contributed by atoms with Crippen LogP contribution in [0, 0.1) is 0 Å². The van der Waals surface area contributed by atoms with Crippen LogP contribution in [0.25, 0.3) is 11.1 Å². The van der Waals surface area contributed by atoms with Gasteiger partial charge in [0.25, 0.3) is 0 Å². The van der Waals surface area contributed by atoms with E-state index < -0.39 is 10.0 Å². The second-order valence-electron chi connectivity index (χ2n) is 6.56. The summed E-state index contributed by atoms with van der Waals surface area (Å²) >= 11 is 0. The Kier molecular flexibility index (Phi) is 6.42. The number of anilines is 3. The minimum atomic E-state index is -3.74. The SMILES string of the molecule is Nc1nc(Nc2ccc(S(N)(=O)=O)cc2)ncc1-c1ccc(CCCCO)cc1. The minimum Gasteiger partial charge on any atom is -0.396 e. The summed E-state index contributed by atoms with van der Waals surface area (Å²) in [6, 6.07) is 14.0. The van der Waals surface area contributed by atoms with Crippen molar-refractivity contribution in [3.05, 3.63) is 60.3 Å². The molecule has 0 aliphatic carbocycles. The highest BCUT2D eigenvalue weighted by molar-refractivity contribution is 7.89. The number of aromatic nitrogens is 2. The van der Waals surface area contributed by atoms with E-state index in [-0.39, 0.29) is 11.5 Å². The van der Waals surface area contributed by atoms with Gasteiger partial charge in [0.15, 0.2) is 0 Å². The molecule has 0 atom stereocenters. The summed E-state index contributed by atoms with van der Waals surface area (Å²) in [5, 5.41) is 16.9. The number of rotatable bonds is 8. The van der Waals surface area contributed by atoms with Gasteiger partial charge in [-0.25, -0.2) is 18.5 Å². The lowest BCUT2D eigenvalue weighted by Gasteiger charge is -2.10. The Bertz CT molecular complexity index is 1070. The van der Waals surface area contributed by atoms with Gasteiger partial charge in [0, 0.05) is 24.1 Å². The van der Waals surface area contributed by atoms with Gasteiger partial charge in [0.05, 0.1) is 4.90 Å². The van der Waals surface area contributed by atoms with Gasteiger partial charge >= 0.3 is 0 Å². The van der Waals surface area contributed by atoms with Crippen LogP contribution in [0.3, 0.4) is 0 Å². The molecule has 3 rings (SSSR count). The molecular formula is C20H23N5O3S. The number of hydrogen-bond donors (Lipinski definition) is 4. The summed E-state index contributed by atoms with van der Waals surface area (Å²) in [5.41, 5.74) is 9.55. The summed E-state index contributed by atoms with van der Waals surface area (Å²) < 4.78 is 22.6. The zero-order valence-corrected chi connectivity index (χ0v) is 16.6. The molecule has 0 unspecified atom stereocenters. The average Bonchev–Trinajstić information content (AvgIpc) is 2.69. The van der Waals surface area contributed by atoms with Crippen molar-refractivity contribution < 1.29 is 13.5 Å². The van der Waals surface area contributed by atoms with Crippen LogP contribution in [0.5, 0.6) is 0 Å². The molecule has 152 valence electrons. The minimum absolute atomic E-state index is 0.0265. The van der Waals surface area contributed by atoms with Crippen LogP contribution in [0.4, 0.5) is 17.5 Å². The van der Waals surface area contributed by atoms with Crippen molar-refractivity contribution in [3.63, 3.8) is 0 Å². The smallest absolute Gasteiger partial charge is 0.238 e. The molecule has 0 aliphatic rings. The van der Waals surface area contributed by atoms with E-state index in [1.807, 2.05) is 24.3 Å². The first kappa shape index (κ1) is 20.7. The lowest BCUT2D eigenvalue weighted by atomic mass is 10.0. The topological polar surface area (TPSA) is 144 Å². The van der Waals surface area contributed by atoms with Crippen molar-refractivity contribution in [2.75, 3.05) is 17.7 Å². The number of nitrogens with two attached hydrogens (primary N) is 2. The summed E-state index contributed by atoms with van der Waals surface area (Å²) in [4.78, 5) is 8.60. The molecule has 3 aromatic rings. The largest absolute Gasteiger partial charge is 0.396 e. The van der Waals surface area contributed by atoms with Crippen molar-refractivity contribution in [2.45, 2.75) is 24.2 Å². The fraction of sp³-hybridized carbons (Fsp3) is 0.200. The van der Waals surface area contributed by atoms with Crippen LogP contribution in [0.2, 0.25) is 0 Å². The van der Waals surface area contributed by atoms with Crippen molar-refractivity contribution >= 4 is 27.5 Å². The molecule has 6 N–H and O–H groups in total. The number of nitrogens with one attached hydrogen (secondary N) is 1. The molecule has 29 heavy (non-hydrogen) atoms. The number of unbranched alkanes of at least 4 members (excludes halogenated alkanes) is 1. The Morgan fingerprint density at radius 2 is 1.69 bits per heavy atom. The number of nitrogens with zero attached hydrogens (tertiary/aromatic N) is 2. The van der Waals surface area contributed by atoms with Gasteiger partial charge in [0.2, 0.25) is 16.0 Å². The first-order valence-electron chi connectivity index (χ1n) is 9.09. The lowest BCUT2D eigenvalue weighted by molar-refractivity contribution is 0.284. The predicted molar refractivity (Wildman–Crippen MR) is 113 cm³/mol. The summed E-state index contributed by atoms with van der Waals surface area (Å²) in [6.07, 6.45) is 4.30. The van der Waals surface area contributed by atoms with Crippen LogP contribution >= 0.6 is 0 Å². The zero-order chi connectivity index (χ0) is 20.9. The van der Waals surface area contributed by atoms with Gasteiger partial charge in [-0.05, 0) is 54.7 Å². The molecule has 0 bridgehead atoms. The number of sulfonamides is 1. The van der Waals surface area contributed by atoms with E-state index >= 15 is 0 Å². The first-order chi connectivity index (χ1) is 13.9. The van der Waals surface area contributed by atoms with E-state index in [2.05, 4.69) is 15.3 Å². The zero-order valence-electron chi connectivity index (χ0n) is 15.7. The number of hydrogen-bond acceptors (Lipinski definition) is 7. The van der Waals surface area contributed by atoms with E-state index in [1.54, 1.807) is 18.3 Å². The summed E-state index contributed by atoms with van der Waals surface area (Å²) in [7, 11) is -3.74. The Labute approximate surface area is 169 Å². The lowest BCUT2D eigenvalue weighted by Crippen LogP contribution is -2.11. The second kappa shape index (κ2) is 8.99. The fourth-order valence-corrected chi connectivity index (χ4v) is 3.34. The van der Waals surface area contributed by atoms with Crippen molar-refractivity contribution in [1.82, 2.24) is 9.97 Å². The van der Waals surface area contributed by atoms with Gasteiger partial charge < -0.3 is 16.2 Å². The number of benzene rings is 2. The second-order valence-corrected chi connectivity index (χ2v) is 8.13. The van der Waals surface area contributed by atoms with Crippen LogP contribution in [-0.4, -0.2) is 30.1 Å². The number of aryl methyl sites for hydroxylation is 1. The number of primary sulfonamides is 1. The van der Waals surface area contributed by atoms with Crippen LogP contribution < -0.4 is 16.2 Å². The maximum atomic E-state index is 11.3. The standard InChI is InChI=1S/C20H23N5O3S/c21-19-18(15-6-4-14(5-7-15)3-1-2-12-26)13-23-20(25-19)24-16-8-10-17(11-9-16)29(22,27)28/h4-11,13,26H,1-3,12H2,(H2,22,27,28)(H3,21,23,24,25). The Balaban J connectivity index is 1.71. The first-order valence-corrected chi connectivity index (χ1v) is 10.6. The average molecular weight is 414 g/mol. The Morgan fingerprint density at radius 3 is 2.28 bits per heavy atom. The van der Waals surface area contributed by atoms with Crippen molar-refractivity contribution in [2.24, 2.45) is 5.14 Å². The molecule has 0 amide bonds. The van der Waals surface area contributed by atoms with E-state index in [0.717, 1.165) is 30.4 Å². The summed E-state index contributed by atoms with van der Waals surface area (Å²) in [6.45, 7) is 0.211. The number of aliphatic hydroxyl groups excluding tert-OH is 1. The maximum absolute atomic E-state index is 11.3. The van der Waals surface area contributed by atoms with E-state index in [0.29, 0.717) is 17.5 Å². The molecule has 0 aliphatic heterocycles. The quantitative estimate of drug-likeness (QED) is 0.415.